The Morgan fingerprint density at radius 3 is 2.55 bits per heavy atom. The highest BCUT2D eigenvalue weighted by molar-refractivity contribution is 4.83. The Kier molecular flexibility index (Phi) is 2.00. The van der Waals surface area contributed by atoms with E-state index in [4.69, 9.17) is 0 Å². The van der Waals surface area contributed by atoms with Crippen molar-refractivity contribution in [3.8, 4) is 0 Å². The normalized spacial score (nSPS) is 16.8. The summed E-state index contributed by atoms with van der Waals surface area (Å²) in [6.45, 7) is 5.72. The van der Waals surface area contributed by atoms with Gasteiger partial charge in [-0.25, -0.2) is 4.98 Å². The Morgan fingerprint density at radius 2 is 2.18 bits per heavy atom. The third kappa shape index (κ3) is 1.43. The molecule has 0 aromatic carbocycles. The van der Waals surface area contributed by atoms with Crippen LogP contribution in [0.1, 0.15) is 20.8 Å². The van der Waals surface area contributed by atoms with Gasteiger partial charge >= 0.3 is 0 Å². The topological polar surface area (TPSA) is 38.0 Å². The van der Waals surface area contributed by atoms with Crippen LogP contribution in [0.25, 0.3) is 0 Å². The monoisotopic (exact) mass is 154 g/mol. The van der Waals surface area contributed by atoms with Crippen LogP contribution in [0.2, 0.25) is 0 Å². The van der Waals surface area contributed by atoms with Crippen molar-refractivity contribution < 1.29 is 5.11 Å². The van der Waals surface area contributed by atoms with Crippen LogP contribution in [0.4, 0.5) is 0 Å². The van der Waals surface area contributed by atoms with Crippen molar-refractivity contribution in [3.63, 3.8) is 0 Å². The number of nitrogens with zero attached hydrogens (tertiary/aromatic N) is 2. The summed E-state index contributed by atoms with van der Waals surface area (Å²) >= 11 is 0. The predicted octanol–water partition coefficient (Wildman–Crippen LogP) is 1.20. The largest absolute Gasteiger partial charge is 0.371 e. The van der Waals surface area contributed by atoms with Crippen molar-refractivity contribution >= 4 is 0 Å². The number of imidazole rings is 1. The first-order valence-electron chi connectivity index (χ1n) is 3.76. The fourth-order valence-electron chi connectivity index (χ4n) is 0.825. The minimum absolute atomic E-state index is 0.177. The molecule has 0 radical (unpaired) electrons. The fourth-order valence-corrected chi connectivity index (χ4v) is 0.825. The molecular weight excluding hydrogens is 140 g/mol. The Bertz CT molecular complexity index is 214. The fraction of sp³-hybridized carbons (Fsp3) is 0.625. The molecule has 1 atom stereocenters. The smallest absolute Gasteiger partial charge is 0.141 e. The molecule has 1 aromatic heterocycles. The molecular formula is C8H14N2O. The van der Waals surface area contributed by atoms with Crippen LogP contribution in [0, 0.1) is 5.92 Å². The van der Waals surface area contributed by atoms with Gasteiger partial charge in [0.25, 0.3) is 0 Å². The van der Waals surface area contributed by atoms with Crippen molar-refractivity contribution in [1.29, 1.82) is 0 Å². The van der Waals surface area contributed by atoms with Gasteiger partial charge in [-0.3, -0.25) is 0 Å². The zero-order chi connectivity index (χ0) is 8.48. The molecule has 11 heavy (non-hydrogen) atoms. The van der Waals surface area contributed by atoms with E-state index in [9.17, 15) is 5.11 Å². The summed E-state index contributed by atoms with van der Waals surface area (Å²) in [4.78, 5) is 3.87. The average molecular weight is 154 g/mol. The summed E-state index contributed by atoms with van der Waals surface area (Å²) < 4.78 is 1.71. The van der Waals surface area contributed by atoms with Gasteiger partial charge in [-0.15, -0.1) is 0 Å². The summed E-state index contributed by atoms with van der Waals surface area (Å²) in [5.74, 6) is 0.177. The number of aromatic nitrogens is 2. The summed E-state index contributed by atoms with van der Waals surface area (Å²) in [7, 11) is 0. The molecule has 0 aliphatic carbocycles. The second-order valence-corrected chi connectivity index (χ2v) is 3.22. The molecule has 0 amide bonds. The first-order chi connectivity index (χ1) is 5.05. The van der Waals surface area contributed by atoms with Crippen molar-refractivity contribution in [2.45, 2.75) is 26.5 Å². The van der Waals surface area contributed by atoms with Gasteiger partial charge in [-0.2, -0.15) is 0 Å². The second-order valence-electron chi connectivity index (χ2n) is 3.22. The molecule has 1 unspecified atom stereocenters. The van der Waals surface area contributed by atoms with Crippen LogP contribution < -0.4 is 0 Å². The molecule has 0 bridgehead atoms. The van der Waals surface area contributed by atoms with Gasteiger partial charge in [0.2, 0.25) is 0 Å². The molecule has 62 valence electrons. The molecule has 0 aliphatic heterocycles. The van der Waals surface area contributed by atoms with E-state index in [-0.39, 0.29) is 5.92 Å². The van der Waals surface area contributed by atoms with Gasteiger partial charge in [-0.05, 0) is 6.92 Å². The molecule has 1 rings (SSSR count). The summed E-state index contributed by atoms with van der Waals surface area (Å²) in [6, 6.07) is 0. The SMILES string of the molecule is CC(C)C(C)(O)n1ccnc1. The predicted molar refractivity (Wildman–Crippen MR) is 42.9 cm³/mol. The summed E-state index contributed by atoms with van der Waals surface area (Å²) in [6.07, 6.45) is 5.05. The number of hydrogen-bond acceptors (Lipinski definition) is 2. The molecule has 0 fully saturated rings. The molecule has 1 N–H and O–H groups in total. The van der Waals surface area contributed by atoms with Gasteiger partial charge in [0.1, 0.15) is 5.72 Å². The Balaban J connectivity index is 2.90. The molecule has 1 heterocycles. The minimum atomic E-state index is -0.823. The van der Waals surface area contributed by atoms with Gasteiger partial charge in [0.15, 0.2) is 0 Å². The Hall–Kier alpha value is -0.830. The average Bonchev–Trinajstić information content (AvgIpc) is 2.37. The van der Waals surface area contributed by atoms with Crippen molar-refractivity contribution in [3.05, 3.63) is 18.7 Å². The van der Waals surface area contributed by atoms with Crippen LogP contribution in [0.5, 0.6) is 0 Å². The second kappa shape index (κ2) is 2.66. The van der Waals surface area contributed by atoms with E-state index in [1.807, 2.05) is 13.8 Å². The first-order valence-corrected chi connectivity index (χ1v) is 3.76. The molecule has 0 saturated carbocycles. The lowest BCUT2D eigenvalue weighted by Crippen LogP contribution is -2.34. The summed E-state index contributed by atoms with van der Waals surface area (Å²) in [5, 5.41) is 9.87. The molecule has 1 aromatic rings. The maximum Gasteiger partial charge on any atom is 0.141 e. The van der Waals surface area contributed by atoms with Crippen LogP contribution in [0.3, 0.4) is 0 Å². The van der Waals surface area contributed by atoms with Crippen LogP contribution >= 0.6 is 0 Å². The van der Waals surface area contributed by atoms with E-state index in [0.717, 1.165) is 0 Å². The third-order valence-electron chi connectivity index (χ3n) is 2.12. The van der Waals surface area contributed by atoms with Gasteiger partial charge < -0.3 is 9.67 Å². The Morgan fingerprint density at radius 1 is 1.55 bits per heavy atom. The van der Waals surface area contributed by atoms with Gasteiger partial charge in [0.05, 0.1) is 6.33 Å². The quantitative estimate of drug-likeness (QED) is 0.695. The maximum absolute atomic E-state index is 9.87. The lowest BCUT2D eigenvalue weighted by atomic mass is 10.0. The van der Waals surface area contributed by atoms with E-state index in [0.29, 0.717) is 0 Å². The lowest BCUT2D eigenvalue weighted by molar-refractivity contribution is -0.0621. The van der Waals surface area contributed by atoms with E-state index in [2.05, 4.69) is 4.98 Å². The van der Waals surface area contributed by atoms with Crippen molar-refractivity contribution in [2.24, 2.45) is 5.92 Å². The zero-order valence-corrected chi connectivity index (χ0v) is 7.15. The van der Waals surface area contributed by atoms with Crippen LogP contribution in [-0.4, -0.2) is 14.7 Å². The number of rotatable bonds is 2. The minimum Gasteiger partial charge on any atom is -0.371 e. The number of aliphatic hydroxyl groups is 1. The molecule has 0 saturated heterocycles. The lowest BCUT2D eigenvalue weighted by Gasteiger charge is -2.28. The molecule has 0 spiro atoms. The molecule has 3 nitrogen and oxygen atoms in total. The van der Waals surface area contributed by atoms with Gasteiger partial charge in [-0.1, -0.05) is 13.8 Å². The van der Waals surface area contributed by atoms with E-state index >= 15 is 0 Å². The zero-order valence-electron chi connectivity index (χ0n) is 7.15. The molecule has 0 aliphatic rings. The van der Waals surface area contributed by atoms with E-state index in [1.165, 1.54) is 0 Å². The summed E-state index contributed by atoms with van der Waals surface area (Å²) in [5.41, 5.74) is -0.823. The maximum atomic E-state index is 9.87. The third-order valence-corrected chi connectivity index (χ3v) is 2.12. The molecule has 3 heteroatoms. The number of hydrogen-bond donors (Lipinski definition) is 1. The van der Waals surface area contributed by atoms with Crippen molar-refractivity contribution in [1.82, 2.24) is 9.55 Å². The standard InChI is InChI=1S/C8H14N2O/c1-7(2)8(3,11)10-5-4-9-6-10/h4-7,11H,1-3H3. The highest BCUT2D eigenvalue weighted by atomic mass is 16.3. The van der Waals surface area contributed by atoms with Crippen molar-refractivity contribution in [2.75, 3.05) is 0 Å². The highest BCUT2D eigenvalue weighted by Crippen LogP contribution is 2.21. The first kappa shape index (κ1) is 8.27. The van der Waals surface area contributed by atoms with Gasteiger partial charge in [0, 0.05) is 18.3 Å². The Labute approximate surface area is 66.7 Å². The van der Waals surface area contributed by atoms with Crippen LogP contribution in [-0.2, 0) is 5.72 Å². The highest BCUT2D eigenvalue weighted by Gasteiger charge is 2.25. The van der Waals surface area contributed by atoms with E-state index < -0.39 is 5.72 Å². The van der Waals surface area contributed by atoms with E-state index in [1.54, 1.807) is 30.2 Å². The van der Waals surface area contributed by atoms with Crippen LogP contribution in [0.15, 0.2) is 18.7 Å².